The number of halogens is 1. The summed E-state index contributed by atoms with van der Waals surface area (Å²) in [6.45, 7) is 8.93. The average molecular weight is 436 g/mol. The maximum Gasteiger partial charge on any atom is 0.239 e. The van der Waals surface area contributed by atoms with E-state index in [9.17, 15) is 9.18 Å². The highest BCUT2D eigenvalue weighted by Crippen LogP contribution is 2.23. The summed E-state index contributed by atoms with van der Waals surface area (Å²) in [6, 6.07) is 16.8. The molecule has 1 unspecified atom stereocenters. The molecule has 2 aliphatic rings. The molecule has 1 amide bonds. The van der Waals surface area contributed by atoms with Crippen LogP contribution in [0, 0.1) is 17.1 Å². The summed E-state index contributed by atoms with van der Waals surface area (Å²) in [5.41, 5.74) is 2.15. The van der Waals surface area contributed by atoms with E-state index >= 15 is 0 Å². The summed E-state index contributed by atoms with van der Waals surface area (Å²) < 4.78 is 14.3. The van der Waals surface area contributed by atoms with Crippen LogP contribution >= 0.6 is 0 Å². The Bertz CT molecular complexity index is 960. The first-order valence-corrected chi connectivity index (χ1v) is 11.3. The third kappa shape index (κ3) is 5.09. The smallest absolute Gasteiger partial charge is 0.239 e. The first-order chi connectivity index (χ1) is 15.5. The van der Waals surface area contributed by atoms with E-state index in [-0.39, 0.29) is 17.8 Å². The first-order valence-electron chi connectivity index (χ1n) is 11.3. The number of anilines is 1. The fraction of sp³-hybridized carbons (Fsp3) is 0.440. The van der Waals surface area contributed by atoms with Gasteiger partial charge in [0.05, 0.1) is 23.4 Å². The predicted octanol–water partition coefficient (Wildman–Crippen LogP) is 2.55. The molecule has 168 valence electrons. The Morgan fingerprint density at radius 1 is 1.00 bits per heavy atom. The zero-order valence-electron chi connectivity index (χ0n) is 18.6. The van der Waals surface area contributed by atoms with E-state index in [0.29, 0.717) is 37.4 Å². The van der Waals surface area contributed by atoms with E-state index < -0.39 is 0 Å². The maximum absolute atomic E-state index is 14.3. The Kier molecular flexibility index (Phi) is 7.03. The molecule has 2 saturated heterocycles. The predicted molar refractivity (Wildman–Crippen MR) is 123 cm³/mol. The molecule has 0 aliphatic carbocycles. The van der Waals surface area contributed by atoms with Gasteiger partial charge in [-0.3, -0.25) is 14.6 Å². The number of rotatable bonds is 5. The molecule has 7 heteroatoms. The van der Waals surface area contributed by atoms with Gasteiger partial charge in [-0.1, -0.05) is 30.3 Å². The largest absolute Gasteiger partial charge is 0.367 e. The van der Waals surface area contributed by atoms with Crippen LogP contribution in [0.2, 0.25) is 0 Å². The zero-order valence-corrected chi connectivity index (χ0v) is 18.6. The summed E-state index contributed by atoms with van der Waals surface area (Å²) in [5.74, 6) is -0.183. The second-order valence-electron chi connectivity index (χ2n) is 8.56. The Hall–Kier alpha value is -2.95. The van der Waals surface area contributed by atoms with E-state index in [4.69, 9.17) is 5.26 Å². The minimum Gasteiger partial charge on any atom is -0.367 e. The summed E-state index contributed by atoms with van der Waals surface area (Å²) in [7, 11) is 0. The van der Waals surface area contributed by atoms with Crippen LogP contribution in [0.3, 0.4) is 0 Å². The van der Waals surface area contributed by atoms with Crippen molar-refractivity contribution in [1.29, 1.82) is 5.26 Å². The number of hydrogen-bond acceptors (Lipinski definition) is 5. The van der Waals surface area contributed by atoms with Crippen molar-refractivity contribution < 1.29 is 9.18 Å². The van der Waals surface area contributed by atoms with E-state index in [0.717, 1.165) is 32.7 Å². The highest BCUT2D eigenvalue weighted by Gasteiger charge is 2.31. The van der Waals surface area contributed by atoms with Crippen molar-refractivity contribution in [2.24, 2.45) is 0 Å². The van der Waals surface area contributed by atoms with E-state index in [1.807, 2.05) is 28.9 Å². The van der Waals surface area contributed by atoms with Crippen molar-refractivity contribution in [2.45, 2.75) is 19.5 Å². The van der Waals surface area contributed by atoms with Crippen LogP contribution in [0.1, 0.15) is 18.1 Å². The van der Waals surface area contributed by atoms with Gasteiger partial charge in [0.2, 0.25) is 5.91 Å². The van der Waals surface area contributed by atoms with Crippen molar-refractivity contribution in [2.75, 3.05) is 57.3 Å². The lowest BCUT2D eigenvalue weighted by Gasteiger charge is -2.41. The Morgan fingerprint density at radius 2 is 1.69 bits per heavy atom. The number of carbonyl (C=O) groups excluding carboxylic acids is 1. The van der Waals surface area contributed by atoms with Gasteiger partial charge in [-0.2, -0.15) is 5.26 Å². The molecule has 0 radical (unpaired) electrons. The van der Waals surface area contributed by atoms with Crippen molar-refractivity contribution in [3.8, 4) is 6.07 Å². The monoisotopic (exact) mass is 435 g/mol. The highest BCUT2D eigenvalue weighted by molar-refractivity contribution is 5.81. The van der Waals surface area contributed by atoms with Gasteiger partial charge in [0.1, 0.15) is 5.82 Å². The molecule has 0 N–H and O–H groups in total. The zero-order chi connectivity index (χ0) is 22.5. The summed E-state index contributed by atoms with van der Waals surface area (Å²) in [5, 5.41) is 8.92. The Labute approximate surface area is 189 Å². The number of nitriles is 1. The van der Waals surface area contributed by atoms with Crippen molar-refractivity contribution in [3.63, 3.8) is 0 Å². The van der Waals surface area contributed by atoms with Gasteiger partial charge >= 0.3 is 0 Å². The molecular formula is C25H30FN5O. The van der Waals surface area contributed by atoms with Crippen LogP contribution in [-0.2, 0) is 11.3 Å². The SMILES string of the molecule is CC(C(=O)N1CCN(Cc2ccccc2)CC1)N1CCN(c2ccc(C#N)cc2F)CC1. The van der Waals surface area contributed by atoms with Crippen LogP contribution in [0.4, 0.5) is 10.1 Å². The molecule has 2 aliphatic heterocycles. The minimum absolute atomic E-state index is 0.177. The van der Waals surface area contributed by atoms with Gasteiger partial charge in [0, 0.05) is 58.9 Å². The Morgan fingerprint density at radius 3 is 2.31 bits per heavy atom. The van der Waals surface area contributed by atoms with E-state index in [1.54, 1.807) is 12.1 Å². The molecule has 4 rings (SSSR count). The third-order valence-corrected chi connectivity index (χ3v) is 6.57. The molecule has 2 aromatic rings. The number of hydrogen-bond donors (Lipinski definition) is 0. The van der Waals surface area contributed by atoms with Gasteiger partial charge in [-0.15, -0.1) is 0 Å². The van der Waals surface area contributed by atoms with Crippen LogP contribution in [0.25, 0.3) is 0 Å². The van der Waals surface area contributed by atoms with Gasteiger partial charge in [0.15, 0.2) is 0 Å². The fourth-order valence-electron chi connectivity index (χ4n) is 4.57. The van der Waals surface area contributed by atoms with Crippen molar-refractivity contribution >= 4 is 11.6 Å². The normalized spacial score (nSPS) is 18.9. The molecule has 0 aromatic heterocycles. The van der Waals surface area contributed by atoms with Gasteiger partial charge < -0.3 is 9.80 Å². The van der Waals surface area contributed by atoms with Crippen LogP contribution < -0.4 is 4.90 Å². The van der Waals surface area contributed by atoms with Crippen molar-refractivity contribution in [3.05, 3.63) is 65.5 Å². The third-order valence-electron chi connectivity index (χ3n) is 6.57. The molecule has 0 spiro atoms. The molecule has 6 nitrogen and oxygen atoms in total. The van der Waals surface area contributed by atoms with Crippen LogP contribution in [0.15, 0.2) is 48.5 Å². The molecule has 2 fully saturated rings. The molecule has 2 aromatic carbocycles. The maximum atomic E-state index is 14.3. The lowest BCUT2D eigenvalue weighted by molar-refractivity contribution is -0.138. The van der Waals surface area contributed by atoms with Crippen molar-refractivity contribution in [1.82, 2.24) is 14.7 Å². The molecule has 2 heterocycles. The van der Waals surface area contributed by atoms with Crippen LogP contribution in [0.5, 0.6) is 0 Å². The number of piperazine rings is 2. The molecule has 32 heavy (non-hydrogen) atoms. The molecule has 0 saturated carbocycles. The van der Waals surface area contributed by atoms with E-state index in [2.05, 4.69) is 34.1 Å². The average Bonchev–Trinajstić information content (AvgIpc) is 2.84. The fourth-order valence-corrected chi connectivity index (χ4v) is 4.57. The summed E-state index contributed by atoms with van der Waals surface area (Å²) >= 11 is 0. The standard InChI is InChI=1S/C25H30FN5O/c1-20(25(32)31-11-9-28(10-12-31)19-21-5-3-2-4-6-21)29-13-15-30(16-14-29)24-8-7-22(18-27)17-23(24)26/h2-8,17,20H,9-16,19H2,1H3. The number of benzene rings is 2. The van der Waals surface area contributed by atoms with Gasteiger partial charge in [-0.25, -0.2) is 4.39 Å². The molecular weight excluding hydrogens is 405 g/mol. The highest BCUT2D eigenvalue weighted by atomic mass is 19.1. The van der Waals surface area contributed by atoms with E-state index in [1.165, 1.54) is 11.6 Å². The quantitative estimate of drug-likeness (QED) is 0.723. The number of nitrogens with zero attached hydrogens (tertiary/aromatic N) is 5. The number of carbonyl (C=O) groups is 1. The Balaban J connectivity index is 1.26. The summed E-state index contributed by atoms with van der Waals surface area (Å²) in [6.07, 6.45) is 0. The van der Waals surface area contributed by atoms with Gasteiger partial charge in [-0.05, 0) is 30.7 Å². The second kappa shape index (κ2) is 10.1. The summed E-state index contributed by atoms with van der Waals surface area (Å²) in [4.78, 5) is 21.7. The topological polar surface area (TPSA) is 53.8 Å². The van der Waals surface area contributed by atoms with Crippen LogP contribution in [-0.4, -0.2) is 79.0 Å². The molecule has 0 bridgehead atoms. The lowest BCUT2D eigenvalue weighted by atomic mass is 10.1. The number of amides is 1. The first kappa shape index (κ1) is 22.3. The minimum atomic E-state index is -0.366. The second-order valence-corrected chi connectivity index (χ2v) is 8.56. The molecule has 1 atom stereocenters. The lowest BCUT2D eigenvalue weighted by Crippen LogP contribution is -2.57. The van der Waals surface area contributed by atoms with Gasteiger partial charge in [0.25, 0.3) is 0 Å².